The van der Waals surface area contributed by atoms with Gasteiger partial charge in [0.1, 0.15) is 0 Å². The number of aryl methyl sites for hydroxylation is 1. The Bertz CT molecular complexity index is 2270. The third-order valence-corrected chi connectivity index (χ3v) is 10.8. The molecule has 0 fully saturated rings. The lowest BCUT2D eigenvalue weighted by atomic mass is 9.63. The van der Waals surface area contributed by atoms with Crippen molar-refractivity contribution in [3.63, 3.8) is 0 Å². The summed E-state index contributed by atoms with van der Waals surface area (Å²) >= 11 is 0. The van der Waals surface area contributed by atoms with E-state index in [0.29, 0.717) is 0 Å². The average Bonchev–Trinajstić information content (AvgIpc) is 3.11. The molecule has 0 spiro atoms. The lowest BCUT2D eigenvalue weighted by molar-refractivity contribution is 0.332. The summed E-state index contributed by atoms with van der Waals surface area (Å²) in [6.07, 6.45) is 2.42. The van der Waals surface area contributed by atoms with Crippen LogP contribution in [0.5, 0.6) is 0 Å². The molecule has 0 aliphatic heterocycles. The van der Waals surface area contributed by atoms with Crippen LogP contribution in [0.25, 0.3) is 43.8 Å². The fourth-order valence-corrected chi connectivity index (χ4v) is 7.89. The molecule has 1 heteroatoms. The van der Waals surface area contributed by atoms with Crippen molar-refractivity contribution in [2.24, 2.45) is 0 Å². The fraction of sp³-hybridized carbons (Fsp3) is 0.191. The van der Waals surface area contributed by atoms with Crippen LogP contribution < -0.4 is 4.90 Å². The number of fused-ring (bicyclic) bond motifs is 4. The monoisotopic (exact) mass is 621 g/mol. The molecule has 0 saturated heterocycles. The molecule has 0 heterocycles. The predicted octanol–water partition coefficient (Wildman–Crippen LogP) is 13.5. The third-order valence-electron chi connectivity index (χ3n) is 10.8. The molecule has 0 amide bonds. The summed E-state index contributed by atoms with van der Waals surface area (Å²) in [7, 11) is 0. The van der Waals surface area contributed by atoms with Gasteiger partial charge in [0.2, 0.25) is 0 Å². The second-order valence-corrected chi connectivity index (χ2v) is 14.9. The maximum atomic E-state index is 2.49. The van der Waals surface area contributed by atoms with Gasteiger partial charge in [-0.2, -0.15) is 0 Å². The number of para-hydroxylation sites is 1. The molecule has 48 heavy (non-hydrogen) atoms. The first kappa shape index (κ1) is 30.2. The van der Waals surface area contributed by atoms with Gasteiger partial charge in [0.15, 0.2) is 0 Å². The number of hydrogen-bond donors (Lipinski definition) is 0. The molecule has 1 aliphatic carbocycles. The second-order valence-electron chi connectivity index (χ2n) is 14.9. The fourth-order valence-electron chi connectivity index (χ4n) is 7.89. The van der Waals surface area contributed by atoms with E-state index < -0.39 is 0 Å². The Morgan fingerprint density at radius 3 is 1.62 bits per heavy atom. The summed E-state index contributed by atoms with van der Waals surface area (Å²) in [6.45, 7) is 11.9. The summed E-state index contributed by atoms with van der Waals surface area (Å²) in [5.74, 6) is 0. The van der Waals surface area contributed by atoms with E-state index in [1.165, 1.54) is 90.4 Å². The van der Waals surface area contributed by atoms with E-state index in [0.717, 1.165) is 0 Å². The molecule has 0 N–H and O–H groups in total. The zero-order valence-electron chi connectivity index (χ0n) is 28.7. The smallest absolute Gasteiger partial charge is 0.0493 e. The van der Waals surface area contributed by atoms with E-state index in [4.69, 9.17) is 0 Å². The van der Waals surface area contributed by atoms with Gasteiger partial charge in [0, 0.05) is 17.1 Å². The van der Waals surface area contributed by atoms with E-state index >= 15 is 0 Å². The molecule has 0 bridgehead atoms. The Kier molecular flexibility index (Phi) is 7.26. The first-order valence-electron chi connectivity index (χ1n) is 17.3. The SMILES string of the molecule is Cc1cc2c(cc1N(c1ccccc1)c1ccc(-c3ccc(-c4cc5ccccc5c5ccccc45)cc3)cc1)C(C)(C)CCC2(C)C. The number of benzene rings is 7. The molecule has 1 aliphatic rings. The minimum absolute atomic E-state index is 0.144. The quantitative estimate of drug-likeness (QED) is 0.173. The molecule has 7 aromatic rings. The first-order valence-corrected chi connectivity index (χ1v) is 17.3. The molecule has 7 aromatic carbocycles. The van der Waals surface area contributed by atoms with Crippen LogP contribution in [0.15, 0.2) is 146 Å². The standard InChI is InChI=1S/C47H43N/c1-32-29-43-44(47(4,5)28-27-46(43,2)3)31-45(32)48(37-14-7-6-8-15-37)38-25-23-34(24-26-38)33-19-21-35(22-20-33)42-30-36-13-9-10-16-39(36)40-17-11-12-18-41(40)42/h6-26,29-31H,27-28H2,1-5H3. The highest BCUT2D eigenvalue weighted by Gasteiger charge is 2.38. The van der Waals surface area contributed by atoms with E-state index in [1.54, 1.807) is 0 Å². The van der Waals surface area contributed by atoms with Crippen molar-refractivity contribution in [2.75, 3.05) is 4.90 Å². The van der Waals surface area contributed by atoms with E-state index in [1.807, 2.05) is 0 Å². The predicted molar refractivity (Wildman–Crippen MR) is 207 cm³/mol. The Labute approximate surface area is 285 Å². The van der Waals surface area contributed by atoms with Gasteiger partial charge in [-0.1, -0.05) is 137 Å². The Balaban J connectivity index is 1.17. The molecule has 0 saturated carbocycles. The minimum atomic E-state index is 0.144. The Hall–Kier alpha value is -5.14. The van der Waals surface area contributed by atoms with Gasteiger partial charge in [-0.05, 0) is 127 Å². The summed E-state index contributed by atoms with van der Waals surface area (Å²) in [6, 6.07) is 53.7. The van der Waals surface area contributed by atoms with Crippen LogP contribution >= 0.6 is 0 Å². The van der Waals surface area contributed by atoms with Crippen molar-refractivity contribution in [3.05, 3.63) is 162 Å². The van der Waals surface area contributed by atoms with Crippen molar-refractivity contribution >= 4 is 38.6 Å². The molecule has 236 valence electrons. The summed E-state index contributed by atoms with van der Waals surface area (Å²) in [4.78, 5) is 2.44. The highest BCUT2D eigenvalue weighted by molar-refractivity contribution is 6.13. The minimum Gasteiger partial charge on any atom is -0.310 e. The van der Waals surface area contributed by atoms with E-state index in [-0.39, 0.29) is 10.8 Å². The van der Waals surface area contributed by atoms with Gasteiger partial charge in [0.05, 0.1) is 0 Å². The highest BCUT2D eigenvalue weighted by Crippen LogP contribution is 2.49. The largest absolute Gasteiger partial charge is 0.310 e. The Morgan fingerprint density at radius 1 is 0.458 bits per heavy atom. The van der Waals surface area contributed by atoms with Gasteiger partial charge < -0.3 is 4.90 Å². The van der Waals surface area contributed by atoms with Crippen LogP contribution in [-0.2, 0) is 10.8 Å². The van der Waals surface area contributed by atoms with Crippen molar-refractivity contribution in [1.29, 1.82) is 0 Å². The van der Waals surface area contributed by atoms with Crippen LogP contribution in [0.2, 0.25) is 0 Å². The van der Waals surface area contributed by atoms with Crippen LogP contribution in [0.3, 0.4) is 0 Å². The number of hydrogen-bond acceptors (Lipinski definition) is 1. The Morgan fingerprint density at radius 2 is 0.958 bits per heavy atom. The van der Waals surface area contributed by atoms with Crippen LogP contribution in [0, 0.1) is 6.92 Å². The van der Waals surface area contributed by atoms with Crippen LogP contribution in [-0.4, -0.2) is 0 Å². The maximum absolute atomic E-state index is 2.49. The maximum Gasteiger partial charge on any atom is 0.0493 e. The van der Waals surface area contributed by atoms with Gasteiger partial charge in [0.25, 0.3) is 0 Å². The third kappa shape index (κ3) is 5.19. The van der Waals surface area contributed by atoms with Crippen molar-refractivity contribution in [1.82, 2.24) is 0 Å². The summed E-state index contributed by atoms with van der Waals surface area (Å²) in [5.41, 5.74) is 13.2. The van der Waals surface area contributed by atoms with Gasteiger partial charge in [-0.3, -0.25) is 0 Å². The van der Waals surface area contributed by atoms with Gasteiger partial charge in [-0.25, -0.2) is 0 Å². The molecular formula is C47H43N. The zero-order valence-corrected chi connectivity index (χ0v) is 28.7. The molecule has 0 radical (unpaired) electrons. The van der Waals surface area contributed by atoms with Gasteiger partial charge >= 0.3 is 0 Å². The topological polar surface area (TPSA) is 3.24 Å². The average molecular weight is 622 g/mol. The van der Waals surface area contributed by atoms with Crippen molar-refractivity contribution < 1.29 is 0 Å². The zero-order chi connectivity index (χ0) is 33.0. The normalized spacial score (nSPS) is 14.9. The van der Waals surface area contributed by atoms with Crippen molar-refractivity contribution in [3.8, 4) is 22.3 Å². The number of rotatable bonds is 5. The van der Waals surface area contributed by atoms with Crippen LogP contribution in [0.1, 0.15) is 57.2 Å². The van der Waals surface area contributed by atoms with Gasteiger partial charge in [-0.15, -0.1) is 0 Å². The molecule has 0 unspecified atom stereocenters. The molecule has 0 aromatic heterocycles. The van der Waals surface area contributed by atoms with E-state index in [2.05, 4.69) is 185 Å². The first-order chi connectivity index (χ1) is 23.2. The molecular weight excluding hydrogens is 579 g/mol. The van der Waals surface area contributed by atoms with Crippen LogP contribution in [0.4, 0.5) is 17.1 Å². The molecule has 8 rings (SSSR count). The lowest BCUT2D eigenvalue weighted by Crippen LogP contribution is -2.34. The molecule has 0 atom stereocenters. The summed E-state index contributed by atoms with van der Waals surface area (Å²) in [5, 5.41) is 5.17. The summed E-state index contributed by atoms with van der Waals surface area (Å²) < 4.78 is 0. The van der Waals surface area contributed by atoms with Crippen molar-refractivity contribution in [2.45, 2.75) is 58.3 Å². The number of anilines is 3. The second kappa shape index (κ2) is 11.5. The lowest BCUT2D eigenvalue weighted by Gasteiger charge is -2.43. The highest BCUT2D eigenvalue weighted by atomic mass is 15.1. The molecule has 1 nitrogen and oxygen atoms in total. The van der Waals surface area contributed by atoms with E-state index in [9.17, 15) is 0 Å². The number of nitrogens with zero attached hydrogens (tertiary/aromatic N) is 1.